The highest BCUT2D eigenvalue weighted by Crippen LogP contribution is 2.21. The zero-order valence-corrected chi connectivity index (χ0v) is 19.5. The molecule has 0 radical (unpaired) electrons. The van der Waals surface area contributed by atoms with Crippen LogP contribution in [0.15, 0.2) is 85.3 Å². The summed E-state index contributed by atoms with van der Waals surface area (Å²) in [7, 11) is 0. The van der Waals surface area contributed by atoms with Crippen molar-refractivity contribution in [2.45, 2.75) is 18.9 Å². The number of aromatic nitrogens is 3. The predicted molar refractivity (Wildman–Crippen MR) is 135 cm³/mol. The van der Waals surface area contributed by atoms with Crippen molar-refractivity contribution in [2.75, 3.05) is 23.7 Å². The molecule has 2 aromatic carbocycles. The molecule has 2 aromatic heterocycles. The molecule has 1 aliphatic heterocycles. The molecule has 1 atom stereocenters. The summed E-state index contributed by atoms with van der Waals surface area (Å²) in [6.45, 7) is 1.24. The summed E-state index contributed by atoms with van der Waals surface area (Å²) in [5, 5.41) is 6.26. The van der Waals surface area contributed by atoms with Crippen LogP contribution in [0.4, 0.5) is 27.5 Å². The van der Waals surface area contributed by atoms with E-state index in [1.165, 1.54) is 12.1 Å². The van der Waals surface area contributed by atoms with Gasteiger partial charge in [-0.1, -0.05) is 0 Å². The minimum Gasteiger partial charge on any atom is -0.487 e. The molecule has 0 spiro atoms. The van der Waals surface area contributed by atoms with Crippen LogP contribution in [0.5, 0.6) is 5.75 Å². The molecule has 182 valence electrons. The molecule has 1 fully saturated rings. The average Bonchev–Trinajstić information content (AvgIpc) is 2.91. The molecular weight excluding hydrogens is 459 g/mol. The number of benzene rings is 2. The number of nitrogens with zero attached hydrogens (tertiary/aromatic N) is 4. The fourth-order valence-corrected chi connectivity index (χ4v) is 4.01. The Kier molecular flexibility index (Phi) is 6.98. The number of amides is 1. The minimum absolute atomic E-state index is 0.0252. The van der Waals surface area contributed by atoms with Gasteiger partial charge in [-0.25, -0.2) is 9.37 Å². The molecule has 0 aliphatic carbocycles. The fourth-order valence-electron chi connectivity index (χ4n) is 4.01. The number of hydrogen-bond acceptors (Lipinski definition) is 7. The van der Waals surface area contributed by atoms with E-state index in [-0.39, 0.29) is 17.8 Å². The van der Waals surface area contributed by atoms with Gasteiger partial charge >= 0.3 is 0 Å². The van der Waals surface area contributed by atoms with E-state index < -0.39 is 0 Å². The molecule has 0 bridgehead atoms. The van der Waals surface area contributed by atoms with Gasteiger partial charge in [0.15, 0.2) is 0 Å². The van der Waals surface area contributed by atoms with Gasteiger partial charge in [0.25, 0.3) is 5.91 Å². The van der Waals surface area contributed by atoms with E-state index in [1.54, 1.807) is 48.9 Å². The van der Waals surface area contributed by atoms with Crippen molar-refractivity contribution in [1.82, 2.24) is 19.9 Å². The summed E-state index contributed by atoms with van der Waals surface area (Å²) in [5.74, 6) is 1.35. The van der Waals surface area contributed by atoms with Crippen LogP contribution in [-0.2, 0) is 0 Å². The van der Waals surface area contributed by atoms with E-state index in [0.717, 1.165) is 24.2 Å². The third kappa shape index (κ3) is 5.93. The topological polar surface area (TPSA) is 92.3 Å². The zero-order valence-electron chi connectivity index (χ0n) is 19.5. The number of carbonyl (C=O) groups excluding carboxylic acids is 1. The summed E-state index contributed by atoms with van der Waals surface area (Å²) < 4.78 is 19.1. The van der Waals surface area contributed by atoms with E-state index in [2.05, 4.69) is 25.6 Å². The van der Waals surface area contributed by atoms with E-state index >= 15 is 0 Å². The molecule has 4 aromatic rings. The number of rotatable bonds is 7. The maximum Gasteiger partial charge on any atom is 0.253 e. The summed E-state index contributed by atoms with van der Waals surface area (Å²) in [4.78, 5) is 27.7. The van der Waals surface area contributed by atoms with Crippen molar-refractivity contribution in [2.24, 2.45) is 0 Å². The summed E-state index contributed by atoms with van der Waals surface area (Å²) in [5.41, 5.74) is 2.08. The molecule has 8 nitrogen and oxygen atoms in total. The van der Waals surface area contributed by atoms with Gasteiger partial charge in [-0.3, -0.25) is 9.78 Å². The van der Waals surface area contributed by atoms with Crippen LogP contribution < -0.4 is 15.4 Å². The summed E-state index contributed by atoms with van der Waals surface area (Å²) >= 11 is 0. The van der Waals surface area contributed by atoms with Crippen LogP contribution in [0.25, 0.3) is 0 Å². The van der Waals surface area contributed by atoms with Gasteiger partial charge < -0.3 is 20.3 Å². The molecule has 1 saturated heterocycles. The molecule has 1 aliphatic rings. The normalized spacial score (nSPS) is 15.2. The molecule has 3 heterocycles. The number of piperidine rings is 1. The van der Waals surface area contributed by atoms with Gasteiger partial charge in [-0.15, -0.1) is 0 Å². The second kappa shape index (κ2) is 10.8. The number of halogens is 1. The highest BCUT2D eigenvalue weighted by molar-refractivity contribution is 5.94. The zero-order chi connectivity index (χ0) is 24.7. The monoisotopic (exact) mass is 484 g/mol. The lowest BCUT2D eigenvalue weighted by atomic mass is 10.1. The number of hydrogen-bond donors (Lipinski definition) is 2. The van der Waals surface area contributed by atoms with Gasteiger partial charge in [0.05, 0.1) is 12.7 Å². The van der Waals surface area contributed by atoms with E-state index in [0.29, 0.717) is 36.2 Å². The molecule has 0 saturated carbocycles. The van der Waals surface area contributed by atoms with Crippen LogP contribution in [0, 0.1) is 5.82 Å². The van der Waals surface area contributed by atoms with E-state index in [4.69, 9.17) is 4.74 Å². The van der Waals surface area contributed by atoms with Gasteiger partial charge in [-0.05, 0) is 79.6 Å². The van der Waals surface area contributed by atoms with Crippen molar-refractivity contribution >= 4 is 29.0 Å². The largest absolute Gasteiger partial charge is 0.487 e. The van der Waals surface area contributed by atoms with Crippen LogP contribution >= 0.6 is 0 Å². The second-order valence-electron chi connectivity index (χ2n) is 8.42. The number of anilines is 4. The first kappa shape index (κ1) is 23.2. The molecule has 1 unspecified atom stereocenters. The quantitative estimate of drug-likeness (QED) is 0.373. The Morgan fingerprint density at radius 1 is 0.972 bits per heavy atom. The predicted octanol–water partition coefficient (Wildman–Crippen LogP) is 5.18. The Hall–Kier alpha value is -4.53. The van der Waals surface area contributed by atoms with Crippen molar-refractivity contribution < 1.29 is 13.9 Å². The Balaban J connectivity index is 1.19. The first-order valence-corrected chi connectivity index (χ1v) is 11.7. The SMILES string of the molecule is O=C(c1ccc(Nc2nccc(Nc3ccc(F)cc3)n2)cc1)N1CCCC(Oc2cccnc2)C1. The van der Waals surface area contributed by atoms with Gasteiger partial charge in [0.1, 0.15) is 23.5 Å². The number of ether oxygens (including phenoxy) is 1. The molecule has 1 amide bonds. The number of likely N-dealkylation sites (tertiary alicyclic amines) is 1. The first-order valence-electron chi connectivity index (χ1n) is 11.7. The molecule has 5 rings (SSSR count). The van der Waals surface area contributed by atoms with Gasteiger partial charge in [0.2, 0.25) is 5.95 Å². The summed E-state index contributed by atoms with van der Waals surface area (Å²) in [6.07, 6.45) is 6.74. The Labute approximate surface area is 208 Å². The smallest absolute Gasteiger partial charge is 0.253 e. The highest BCUT2D eigenvalue weighted by atomic mass is 19.1. The summed E-state index contributed by atoms with van der Waals surface area (Å²) in [6, 6.07) is 18.7. The third-order valence-electron chi connectivity index (χ3n) is 5.76. The fraction of sp³-hybridized carbons (Fsp3) is 0.185. The molecule has 2 N–H and O–H groups in total. The second-order valence-corrected chi connectivity index (χ2v) is 8.42. The lowest BCUT2D eigenvalue weighted by Crippen LogP contribution is -2.44. The van der Waals surface area contributed by atoms with E-state index in [9.17, 15) is 9.18 Å². The molecular formula is C27H25FN6O2. The van der Waals surface area contributed by atoms with Gasteiger partial charge in [-0.2, -0.15) is 4.98 Å². The Morgan fingerprint density at radius 2 is 1.75 bits per heavy atom. The van der Waals surface area contributed by atoms with Crippen LogP contribution in [0.2, 0.25) is 0 Å². The Morgan fingerprint density at radius 3 is 2.53 bits per heavy atom. The van der Waals surface area contributed by atoms with E-state index in [1.807, 2.05) is 29.2 Å². The first-order chi connectivity index (χ1) is 17.6. The lowest BCUT2D eigenvalue weighted by molar-refractivity contribution is 0.0537. The van der Waals surface area contributed by atoms with Crippen LogP contribution in [0.3, 0.4) is 0 Å². The van der Waals surface area contributed by atoms with Crippen LogP contribution in [0.1, 0.15) is 23.2 Å². The number of pyridine rings is 1. The number of carbonyl (C=O) groups is 1. The maximum atomic E-state index is 13.1. The highest BCUT2D eigenvalue weighted by Gasteiger charge is 2.25. The third-order valence-corrected chi connectivity index (χ3v) is 5.76. The Bertz CT molecular complexity index is 1300. The van der Waals surface area contributed by atoms with Crippen molar-refractivity contribution in [3.63, 3.8) is 0 Å². The molecule has 36 heavy (non-hydrogen) atoms. The van der Waals surface area contributed by atoms with Crippen molar-refractivity contribution in [1.29, 1.82) is 0 Å². The average molecular weight is 485 g/mol. The molecule has 9 heteroatoms. The van der Waals surface area contributed by atoms with Crippen LogP contribution in [-0.4, -0.2) is 45.0 Å². The number of nitrogens with one attached hydrogen (secondary N) is 2. The van der Waals surface area contributed by atoms with Crippen molar-refractivity contribution in [3.8, 4) is 5.75 Å². The standard InChI is InChI=1S/C27H25FN6O2/c28-20-7-11-21(12-8-20)31-25-13-15-30-27(33-25)32-22-9-5-19(6-10-22)26(35)34-16-2-4-24(18-34)36-23-3-1-14-29-17-23/h1,3,5-15,17,24H,2,4,16,18H2,(H2,30,31,32,33). The van der Waals surface area contributed by atoms with Crippen molar-refractivity contribution in [3.05, 3.63) is 96.7 Å². The maximum absolute atomic E-state index is 13.1. The lowest BCUT2D eigenvalue weighted by Gasteiger charge is -2.33. The minimum atomic E-state index is -0.300. The van der Waals surface area contributed by atoms with Gasteiger partial charge in [0, 0.05) is 35.9 Å².